The van der Waals surface area contributed by atoms with Gasteiger partial charge in [-0.2, -0.15) is 4.98 Å². The normalized spacial score (nSPS) is 21.7. The molecule has 0 bridgehead atoms. The summed E-state index contributed by atoms with van der Waals surface area (Å²) in [5.41, 5.74) is 0. The molecule has 1 aromatic rings. The van der Waals surface area contributed by atoms with E-state index in [2.05, 4.69) is 15.0 Å². The average molecular weight is 288 g/mol. The molecule has 1 aromatic heterocycles. The summed E-state index contributed by atoms with van der Waals surface area (Å²) in [6.45, 7) is 4.20. The second-order valence-electron chi connectivity index (χ2n) is 5.03. The predicted octanol–water partition coefficient (Wildman–Crippen LogP) is 0.133. The van der Waals surface area contributed by atoms with Crippen molar-refractivity contribution in [3.05, 3.63) is 11.7 Å². The quantitative estimate of drug-likeness (QED) is 0.826. The van der Waals surface area contributed by atoms with Crippen molar-refractivity contribution in [2.45, 2.75) is 32.7 Å². The molecule has 8 heteroatoms. The molecule has 1 aliphatic rings. The van der Waals surface area contributed by atoms with Crippen LogP contribution in [-0.4, -0.2) is 42.3 Å². The van der Waals surface area contributed by atoms with E-state index in [1.54, 1.807) is 0 Å². The molecule has 0 unspecified atom stereocenters. The zero-order chi connectivity index (χ0) is 13.9. The Morgan fingerprint density at radius 1 is 1.53 bits per heavy atom. The zero-order valence-electron chi connectivity index (χ0n) is 11.1. The molecular weight excluding hydrogens is 268 g/mol. The van der Waals surface area contributed by atoms with Gasteiger partial charge in [-0.15, -0.1) is 0 Å². The van der Waals surface area contributed by atoms with Gasteiger partial charge in [-0.3, -0.25) is 4.90 Å². The highest BCUT2D eigenvalue weighted by Crippen LogP contribution is 2.18. The van der Waals surface area contributed by atoms with E-state index in [-0.39, 0.29) is 11.7 Å². The van der Waals surface area contributed by atoms with E-state index in [4.69, 9.17) is 9.66 Å². The van der Waals surface area contributed by atoms with Gasteiger partial charge in [0.1, 0.15) is 0 Å². The van der Waals surface area contributed by atoms with Gasteiger partial charge in [0.25, 0.3) is 0 Å². The standard InChI is InChI=1S/C11H20N4O3S/c1-2-11-13-10(14-18-11)7-15-5-3-4-9(6-15)8-19(12,16)17/h9H,2-8H2,1H3,(H2,12,16,17)/t9-/m1/s1. The minimum absolute atomic E-state index is 0.0515. The van der Waals surface area contributed by atoms with Gasteiger partial charge >= 0.3 is 0 Å². The van der Waals surface area contributed by atoms with Crippen LogP contribution in [0.25, 0.3) is 0 Å². The third kappa shape index (κ3) is 4.55. The van der Waals surface area contributed by atoms with Crippen molar-refractivity contribution in [3.63, 3.8) is 0 Å². The van der Waals surface area contributed by atoms with Gasteiger partial charge in [0.2, 0.25) is 15.9 Å². The predicted molar refractivity (Wildman–Crippen MR) is 69.7 cm³/mol. The van der Waals surface area contributed by atoms with Crippen LogP contribution in [0.15, 0.2) is 4.52 Å². The highest BCUT2D eigenvalue weighted by Gasteiger charge is 2.24. The van der Waals surface area contributed by atoms with E-state index in [1.807, 2.05) is 6.92 Å². The number of rotatable bonds is 5. The van der Waals surface area contributed by atoms with E-state index in [9.17, 15) is 8.42 Å². The zero-order valence-corrected chi connectivity index (χ0v) is 11.9. The van der Waals surface area contributed by atoms with Crippen LogP contribution >= 0.6 is 0 Å². The first-order valence-corrected chi connectivity index (χ1v) is 8.22. The number of piperidine rings is 1. The summed E-state index contributed by atoms with van der Waals surface area (Å²) in [6, 6.07) is 0. The van der Waals surface area contributed by atoms with Crippen LogP contribution in [0, 0.1) is 5.92 Å². The fourth-order valence-electron chi connectivity index (χ4n) is 2.46. The Bertz CT molecular complexity index is 514. The number of hydrogen-bond acceptors (Lipinski definition) is 6. The molecule has 2 rings (SSSR count). The second-order valence-corrected chi connectivity index (χ2v) is 6.69. The summed E-state index contributed by atoms with van der Waals surface area (Å²) in [7, 11) is -3.40. The van der Waals surface area contributed by atoms with E-state index in [1.165, 1.54) is 0 Å². The largest absolute Gasteiger partial charge is 0.339 e. The lowest BCUT2D eigenvalue weighted by molar-refractivity contribution is 0.172. The summed E-state index contributed by atoms with van der Waals surface area (Å²) < 4.78 is 27.3. The molecule has 0 radical (unpaired) electrons. The Morgan fingerprint density at radius 2 is 2.32 bits per heavy atom. The second kappa shape index (κ2) is 5.98. The molecular formula is C11H20N4O3S. The number of primary sulfonamides is 1. The average Bonchev–Trinajstić information content (AvgIpc) is 2.75. The van der Waals surface area contributed by atoms with Crippen molar-refractivity contribution >= 4 is 10.0 Å². The maximum Gasteiger partial charge on any atom is 0.226 e. The minimum atomic E-state index is -3.40. The fraction of sp³-hybridized carbons (Fsp3) is 0.818. The highest BCUT2D eigenvalue weighted by atomic mass is 32.2. The van der Waals surface area contributed by atoms with E-state index >= 15 is 0 Å². The van der Waals surface area contributed by atoms with Crippen LogP contribution in [0.1, 0.15) is 31.5 Å². The summed E-state index contributed by atoms with van der Waals surface area (Å²) in [5, 5.41) is 9.01. The Balaban J connectivity index is 1.90. The first-order valence-electron chi connectivity index (χ1n) is 6.50. The third-order valence-electron chi connectivity index (χ3n) is 3.25. The smallest absolute Gasteiger partial charge is 0.226 e. The van der Waals surface area contributed by atoms with Crippen LogP contribution < -0.4 is 5.14 Å². The molecule has 2 N–H and O–H groups in total. The topological polar surface area (TPSA) is 102 Å². The van der Waals surface area contributed by atoms with Crippen molar-refractivity contribution in [2.75, 3.05) is 18.8 Å². The molecule has 0 saturated carbocycles. The van der Waals surface area contributed by atoms with E-state index in [0.29, 0.717) is 24.8 Å². The number of aryl methyl sites for hydroxylation is 1. The maximum atomic E-state index is 11.1. The number of nitrogens with zero attached hydrogens (tertiary/aromatic N) is 3. The van der Waals surface area contributed by atoms with Gasteiger partial charge in [-0.25, -0.2) is 13.6 Å². The number of hydrogen-bond donors (Lipinski definition) is 1. The molecule has 1 saturated heterocycles. The van der Waals surface area contributed by atoms with Gasteiger partial charge in [-0.05, 0) is 25.3 Å². The van der Waals surface area contributed by atoms with Gasteiger partial charge in [0.15, 0.2) is 5.82 Å². The Hall–Kier alpha value is -0.990. The number of sulfonamides is 1. The monoisotopic (exact) mass is 288 g/mol. The van der Waals surface area contributed by atoms with Gasteiger partial charge in [-0.1, -0.05) is 12.1 Å². The van der Waals surface area contributed by atoms with Crippen molar-refractivity contribution in [1.82, 2.24) is 15.0 Å². The van der Waals surface area contributed by atoms with Crippen LogP contribution in [-0.2, 0) is 23.0 Å². The lowest BCUT2D eigenvalue weighted by Gasteiger charge is -2.31. The molecule has 0 aromatic carbocycles. The first kappa shape index (κ1) is 14.4. The number of nitrogens with two attached hydrogens (primary N) is 1. The molecule has 1 fully saturated rings. The first-order chi connectivity index (χ1) is 8.96. The lowest BCUT2D eigenvalue weighted by Crippen LogP contribution is -2.39. The van der Waals surface area contributed by atoms with Crippen LogP contribution in [0.2, 0.25) is 0 Å². The molecule has 7 nitrogen and oxygen atoms in total. The molecule has 0 spiro atoms. The van der Waals surface area contributed by atoms with Gasteiger partial charge in [0.05, 0.1) is 12.3 Å². The molecule has 1 aliphatic heterocycles. The molecule has 1 atom stereocenters. The molecule has 0 amide bonds. The van der Waals surface area contributed by atoms with Crippen LogP contribution in [0.5, 0.6) is 0 Å². The Labute approximate surface area is 113 Å². The summed E-state index contributed by atoms with van der Waals surface area (Å²) in [4.78, 5) is 6.42. The molecule has 0 aliphatic carbocycles. The van der Waals surface area contributed by atoms with E-state index in [0.717, 1.165) is 25.8 Å². The molecule has 108 valence electrons. The SMILES string of the molecule is CCc1nc(CN2CCC[C@@H](CS(N)(=O)=O)C2)no1. The number of likely N-dealkylation sites (tertiary alicyclic amines) is 1. The van der Waals surface area contributed by atoms with Crippen molar-refractivity contribution < 1.29 is 12.9 Å². The Kier molecular flexibility index (Phi) is 4.54. The minimum Gasteiger partial charge on any atom is -0.339 e. The summed E-state index contributed by atoms with van der Waals surface area (Å²) >= 11 is 0. The van der Waals surface area contributed by atoms with Crippen molar-refractivity contribution in [2.24, 2.45) is 11.1 Å². The summed E-state index contributed by atoms with van der Waals surface area (Å²) in [6.07, 6.45) is 2.60. The fourth-order valence-corrected chi connectivity index (χ4v) is 3.39. The number of aromatic nitrogens is 2. The van der Waals surface area contributed by atoms with Gasteiger partial charge in [0, 0.05) is 13.0 Å². The Morgan fingerprint density at radius 3 is 2.95 bits per heavy atom. The van der Waals surface area contributed by atoms with Crippen molar-refractivity contribution in [3.8, 4) is 0 Å². The van der Waals surface area contributed by atoms with Gasteiger partial charge < -0.3 is 4.52 Å². The lowest BCUT2D eigenvalue weighted by atomic mass is 10.0. The van der Waals surface area contributed by atoms with E-state index < -0.39 is 10.0 Å². The molecule has 19 heavy (non-hydrogen) atoms. The van der Waals surface area contributed by atoms with Crippen LogP contribution in [0.4, 0.5) is 0 Å². The maximum absolute atomic E-state index is 11.1. The molecule has 2 heterocycles. The highest BCUT2D eigenvalue weighted by molar-refractivity contribution is 7.89. The van der Waals surface area contributed by atoms with Crippen molar-refractivity contribution in [1.29, 1.82) is 0 Å². The summed E-state index contributed by atoms with van der Waals surface area (Å²) in [5.74, 6) is 1.44. The third-order valence-corrected chi connectivity index (χ3v) is 4.18. The van der Waals surface area contributed by atoms with Crippen LogP contribution in [0.3, 0.4) is 0 Å².